The molecule has 0 aliphatic carbocycles. The van der Waals surface area contributed by atoms with Gasteiger partial charge in [0.2, 0.25) is 5.91 Å². The normalized spacial score (nSPS) is 11.1. The van der Waals surface area contributed by atoms with Crippen LogP contribution >= 0.6 is 0 Å². The van der Waals surface area contributed by atoms with Crippen LogP contribution in [-0.4, -0.2) is 41.4 Å². The van der Waals surface area contributed by atoms with Gasteiger partial charge in [0.05, 0.1) is 6.54 Å². The van der Waals surface area contributed by atoms with Gasteiger partial charge in [0.15, 0.2) is 0 Å². The topological polar surface area (TPSA) is 49.6 Å². The zero-order chi connectivity index (χ0) is 15.1. The van der Waals surface area contributed by atoms with Crippen molar-refractivity contribution in [1.82, 2.24) is 9.80 Å². The van der Waals surface area contributed by atoms with Crippen molar-refractivity contribution >= 4 is 11.6 Å². The molecule has 20 heavy (non-hydrogen) atoms. The zero-order valence-corrected chi connectivity index (χ0v) is 13.1. The fraction of sp³-hybridized carbons (Fsp3) is 0.562. The van der Waals surface area contributed by atoms with Crippen LogP contribution in [0.2, 0.25) is 0 Å². The van der Waals surface area contributed by atoms with Crippen molar-refractivity contribution in [3.8, 4) is 0 Å². The molecule has 0 heterocycles. The van der Waals surface area contributed by atoms with Gasteiger partial charge in [-0.2, -0.15) is 0 Å². The minimum Gasteiger partial charge on any atom is -0.398 e. The van der Waals surface area contributed by atoms with Crippen LogP contribution in [0.3, 0.4) is 0 Å². The number of likely N-dealkylation sites (N-methyl/N-ethyl adjacent to an activating group) is 1. The highest BCUT2D eigenvalue weighted by molar-refractivity contribution is 5.78. The number of anilines is 1. The summed E-state index contributed by atoms with van der Waals surface area (Å²) in [4.78, 5) is 16.3. The van der Waals surface area contributed by atoms with E-state index < -0.39 is 0 Å². The summed E-state index contributed by atoms with van der Waals surface area (Å²) in [6, 6.07) is 8.14. The molecule has 0 atom stereocenters. The summed E-state index contributed by atoms with van der Waals surface area (Å²) < 4.78 is 0. The fourth-order valence-electron chi connectivity index (χ4n) is 2.17. The second kappa shape index (κ2) is 7.90. The number of nitrogen functional groups attached to an aromatic ring is 1. The number of para-hydroxylation sites is 1. The smallest absolute Gasteiger partial charge is 0.236 e. The van der Waals surface area contributed by atoms with Crippen molar-refractivity contribution in [3.05, 3.63) is 29.8 Å². The Balaban J connectivity index is 2.75. The predicted octanol–water partition coefficient (Wildman–Crippen LogP) is 2.35. The number of nitrogens with two attached hydrogens (primary N) is 1. The highest BCUT2D eigenvalue weighted by Crippen LogP contribution is 2.15. The third-order valence-electron chi connectivity index (χ3n) is 3.61. The van der Waals surface area contributed by atoms with Gasteiger partial charge >= 0.3 is 0 Å². The quantitative estimate of drug-likeness (QED) is 0.778. The molecule has 0 aliphatic rings. The number of benzene rings is 1. The Labute approximate surface area is 122 Å². The van der Waals surface area contributed by atoms with Gasteiger partial charge in [-0.1, -0.05) is 18.2 Å². The molecule has 0 saturated heterocycles. The van der Waals surface area contributed by atoms with E-state index in [0.717, 1.165) is 24.3 Å². The molecule has 1 aromatic carbocycles. The largest absolute Gasteiger partial charge is 0.398 e. The third kappa shape index (κ3) is 4.53. The number of rotatable bonds is 7. The third-order valence-corrected chi connectivity index (χ3v) is 3.61. The van der Waals surface area contributed by atoms with Gasteiger partial charge in [-0.05, 0) is 39.3 Å². The molecular weight excluding hydrogens is 250 g/mol. The molecule has 0 spiro atoms. The maximum atomic E-state index is 12.2. The van der Waals surface area contributed by atoms with Gasteiger partial charge in [-0.25, -0.2) is 0 Å². The molecule has 0 aliphatic heterocycles. The standard InChI is InChI=1S/C16H27N3O/c1-5-18(6-2)16(20)12-19(13(3)4)11-14-9-7-8-10-15(14)17/h7-10,13H,5-6,11-12,17H2,1-4H3. The van der Waals surface area contributed by atoms with Crippen LogP contribution in [-0.2, 0) is 11.3 Å². The van der Waals surface area contributed by atoms with E-state index in [2.05, 4.69) is 18.7 Å². The molecule has 0 fully saturated rings. The van der Waals surface area contributed by atoms with Gasteiger partial charge in [0.25, 0.3) is 0 Å². The molecule has 4 heteroatoms. The van der Waals surface area contributed by atoms with Gasteiger partial charge in [-0.3, -0.25) is 9.69 Å². The van der Waals surface area contributed by atoms with Crippen LogP contribution in [0, 0.1) is 0 Å². The first kappa shape index (κ1) is 16.5. The van der Waals surface area contributed by atoms with E-state index in [0.29, 0.717) is 19.1 Å². The first-order chi connectivity index (χ1) is 9.49. The molecule has 1 amide bonds. The number of carbonyl (C=O) groups is 1. The average Bonchev–Trinajstić information content (AvgIpc) is 2.41. The second-order valence-corrected chi connectivity index (χ2v) is 5.26. The SMILES string of the molecule is CCN(CC)C(=O)CN(Cc1ccccc1N)C(C)C. The van der Waals surface area contributed by atoms with Crippen LogP contribution in [0.5, 0.6) is 0 Å². The Bertz CT molecular complexity index is 427. The molecule has 112 valence electrons. The minimum absolute atomic E-state index is 0.179. The van der Waals surface area contributed by atoms with Crippen molar-refractivity contribution in [1.29, 1.82) is 0 Å². The number of hydrogen-bond acceptors (Lipinski definition) is 3. The van der Waals surface area contributed by atoms with E-state index in [1.807, 2.05) is 43.0 Å². The predicted molar refractivity (Wildman–Crippen MR) is 84.3 cm³/mol. The number of nitrogens with zero attached hydrogens (tertiary/aromatic N) is 2. The lowest BCUT2D eigenvalue weighted by molar-refractivity contribution is -0.132. The van der Waals surface area contributed by atoms with E-state index in [-0.39, 0.29) is 5.91 Å². The number of hydrogen-bond donors (Lipinski definition) is 1. The Morgan fingerprint density at radius 2 is 1.80 bits per heavy atom. The molecule has 0 aromatic heterocycles. The Morgan fingerprint density at radius 1 is 1.20 bits per heavy atom. The number of amides is 1. The van der Waals surface area contributed by atoms with Crippen molar-refractivity contribution < 1.29 is 4.79 Å². The maximum absolute atomic E-state index is 12.2. The molecule has 1 rings (SSSR count). The first-order valence-corrected chi connectivity index (χ1v) is 7.34. The summed E-state index contributed by atoms with van der Waals surface area (Å²) in [7, 11) is 0. The van der Waals surface area contributed by atoms with Gasteiger partial charge in [0.1, 0.15) is 0 Å². The van der Waals surface area contributed by atoms with Gasteiger partial charge in [0, 0.05) is 31.4 Å². The van der Waals surface area contributed by atoms with E-state index in [1.54, 1.807) is 0 Å². The minimum atomic E-state index is 0.179. The van der Waals surface area contributed by atoms with Crippen LogP contribution in [0.1, 0.15) is 33.3 Å². The van der Waals surface area contributed by atoms with Crippen LogP contribution < -0.4 is 5.73 Å². The maximum Gasteiger partial charge on any atom is 0.236 e. The van der Waals surface area contributed by atoms with Gasteiger partial charge < -0.3 is 10.6 Å². The lowest BCUT2D eigenvalue weighted by Crippen LogP contribution is -2.42. The van der Waals surface area contributed by atoms with Gasteiger partial charge in [-0.15, -0.1) is 0 Å². The summed E-state index contributed by atoms with van der Waals surface area (Å²) in [5.74, 6) is 0.179. The van der Waals surface area contributed by atoms with Crippen molar-refractivity contribution in [2.75, 3.05) is 25.4 Å². The van der Waals surface area contributed by atoms with E-state index in [4.69, 9.17) is 5.73 Å². The highest BCUT2D eigenvalue weighted by atomic mass is 16.2. The molecule has 2 N–H and O–H groups in total. The lowest BCUT2D eigenvalue weighted by atomic mass is 10.1. The summed E-state index contributed by atoms with van der Waals surface area (Å²) in [6.45, 7) is 10.9. The Morgan fingerprint density at radius 3 is 2.30 bits per heavy atom. The Hall–Kier alpha value is -1.55. The summed E-state index contributed by atoms with van der Waals surface area (Å²) in [5.41, 5.74) is 7.85. The number of carbonyl (C=O) groups excluding carboxylic acids is 1. The summed E-state index contributed by atoms with van der Waals surface area (Å²) in [6.07, 6.45) is 0. The van der Waals surface area contributed by atoms with Crippen molar-refractivity contribution in [2.45, 2.75) is 40.3 Å². The molecule has 0 bridgehead atoms. The van der Waals surface area contributed by atoms with E-state index >= 15 is 0 Å². The summed E-state index contributed by atoms with van der Waals surface area (Å²) >= 11 is 0. The molecule has 0 radical (unpaired) electrons. The molecule has 0 saturated carbocycles. The monoisotopic (exact) mass is 277 g/mol. The van der Waals surface area contributed by atoms with E-state index in [1.165, 1.54) is 0 Å². The molecule has 4 nitrogen and oxygen atoms in total. The second-order valence-electron chi connectivity index (χ2n) is 5.26. The Kier molecular flexibility index (Phi) is 6.52. The van der Waals surface area contributed by atoms with Crippen molar-refractivity contribution in [2.24, 2.45) is 0 Å². The highest BCUT2D eigenvalue weighted by Gasteiger charge is 2.18. The zero-order valence-electron chi connectivity index (χ0n) is 13.1. The van der Waals surface area contributed by atoms with Crippen LogP contribution in [0.4, 0.5) is 5.69 Å². The summed E-state index contributed by atoms with van der Waals surface area (Å²) in [5, 5.41) is 0. The first-order valence-electron chi connectivity index (χ1n) is 7.34. The van der Waals surface area contributed by atoms with E-state index in [9.17, 15) is 4.79 Å². The molecule has 0 unspecified atom stereocenters. The lowest BCUT2D eigenvalue weighted by Gasteiger charge is -2.29. The van der Waals surface area contributed by atoms with Crippen LogP contribution in [0.15, 0.2) is 24.3 Å². The molecular formula is C16H27N3O. The average molecular weight is 277 g/mol. The van der Waals surface area contributed by atoms with Crippen molar-refractivity contribution in [3.63, 3.8) is 0 Å². The molecule has 1 aromatic rings. The van der Waals surface area contributed by atoms with Crippen LogP contribution in [0.25, 0.3) is 0 Å². The fourth-order valence-corrected chi connectivity index (χ4v) is 2.17.